The SMILES string of the molecule is COC(=O)C(CN)Cc1cc(F)ccc1C. The second-order valence-corrected chi connectivity index (χ2v) is 3.73. The highest BCUT2D eigenvalue weighted by atomic mass is 19.1. The van der Waals surface area contributed by atoms with E-state index in [1.165, 1.54) is 19.2 Å². The first-order chi connectivity index (χ1) is 7.58. The van der Waals surface area contributed by atoms with Crippen molar-refractivity contribution >= 4 is 5.97 Å². The Hall–Kier alpha value is -1.42. The van der Waals surface area contributed by atoms with E-state index in [9.17, 15) is 9.18 Å². The minimum Gasteiger partial charge on any atom is -0.469 e. The Balaban J connectivity index is 2.85. The lowest BCUT2D eigenvalue weighted by molar-refractivity contribution is -0.145. The molecule has 0 heterocycles. The topological polar surface area (TPSA) is 52.3 Å². The fourth-order valence-electron chi connectivity index (χ4n) is 1.55. The van der Waals surface area contributed by atoms with Crippen LogP contribution in [0.4, 0.5) is 4.39 Å². The van der Waals surface area contributed by atoms with E-state index in [2.05, 4.69) is 4.74 Å². The lowest BCUT2D eigenvalue weighted by Crippen LogP contribution is -2.27. The van der Waals surface area contributed by atoms with Gasteiger partial charge in [-0.3, -0.25) is 4.79 Å². The normalized spacial score (nSPS) is 12.2. The molecule has 0 saturated carbocycles. The van der Waals surface area contributed by atoms with Crippen molar-refractivity contribution in [2.45, 2.75) is 13.3 Å². The molecule has 2 N–H and O–H groups in total. The number of hydrogen-bond donors (Lipinski definition) is 1. The molecule has 0 spiro atoms. The lowest BCUT2D eigenvalue weighted by Gasteiger charge is -2.13. The third-order valence-electron chi connectivity index (χ3n) is 2.60. The molecular formula is C12H16FNO2. The average molecular weight is 225 g/mol. The molecule has 1 rings (SSSR count). The first-order valence-corrected chi connectivity index (χ1v) is 5.11. The van der Waals surface area contributed by atoms with Crippen molar-refractivity contribution in [2.24, 2.45) is 11.7 Å². The predicted octanol–water partition coefficient (Wildman–Crippen LogP) is 1.42. The van der Waals surface area contributed by atoms with Crippen LogP contribution in [0, 0.1) is 18.7 Å². The number of carbonyl (C=O) groups is 1. The average Bonchev–Trinajstić information content (AvgIpc) is 2.29. The van der Waals surface area contributed by atoms with Gasteiger partial charge in [-0.05, 0) is 36.6 Å². The van der Waals surface area contributed by atoms with Gasteiger partial charge in [-0.15, -0.1) is 0 Å². The number of halogens is 1. The van der Waals surface area contributed by atoms with E-state index in [0.29, 0.717) is 6.42 Å². The quantitative estimate of drug-likeness (QED) is 0.788. The molecule has 1 aromatic rings. The van der Waals surface area contributed by atoms with Crippen molar-refractivity contribution in [1.29, 1.82) is 0 Å². The summed E-state index contributed by atoms with van der Waals surface area (Å²) >= 11 is 0. The monoisotopic (exact) mass is 225 g/mol. The van der Waals surface area contributed by atoms with Crippen LogP contribution >= 0.6 is 0 Å². The van der Waals surface area contributed by atoms with E-state index in [-0.39, 0.29) is 18.3 Å². The highest BCUT2D eigenvalue weighted by Gasteiger charge is 2.18. The van der Waals surface area contributed by atoms with E-state index in [0.717, 1.165) is 11.1 Å². The smallest absolute Gasteiger partial charge is 0.310 e. The minimum absolute atomic E-state index is 0.197. The maximum atomic E-state index is 13.0. The number of ether oxygens (including phenoxy) is 1. The van der Waals surface area contributed by atoms with Gasteiger partial charge >= 0.3 is 5.97 Å². The molecular weight excluding hydrogens is 209 g/mol. The van der Waals surface area contributed by atoms with Crippen molar-refractivity contribution in [1.82, 2.24) is 0 Å². The van der Waals surface area contributed by atoms with Crippen LogP contribution in [0.2, 0.25) is 0 Å². The summed E-state index contributed by atoms with van der Waals surface area (Å²) in [5.74, 6) is -1.07. The van der Waals surface area contributed by atoms with E-state index < -0.39 is 5.92 Å². The van der Waals surface area contributed by atoms with Crippen LogP contribution in [0.5, 0.6) is 0 Å². The molecule has 1 aromatic carbocycles. The number of methoxy groups -OCH3 is 1. The number of nitrogens with two attached hydrogens (primary N) is 1. The Bertz CT molecular complexity index is 379. The summed E-state index contributed by atoms with van der Waals surface area (Å²) in [5.41, 5.74) is 7.23. The van der Waals surface area contributed by atoms with Gasteiger partial charge in [-0.2, -0.15) is 0 Å². The third-order valence-corrected chi connectivity index (χ3v) is 2.60. The highest BCUT2D eigenvalue weighted by molar-refractivity contribution is 5.73. The molecule has 0 saturated heterocycles. The first kappa shape index (κ1) is 12.6. The largest absolute Gasteiger partial charge is 0.469 e. The van der Waals surface area contributed by atoms with Gasteiger partial charge in [0.2, 0.25) is 0 Å². The predicted molar refractivity (Wildman–Crippen MR) is 59.4 cm³/mol. The second kappa shape index (κ2) is 5.61. The zero-order chi connectivity index (χ0) is 12.1. The molecule has 88 valence electrons. The zero-order valence-electron chi connectivity index (χ0n) is 9.50. The standard InChI is InChI=1S/C12H16FNO2/c1-8-3-4-11(13)6-9(8)5-10(7-14)12(15)16-2/h3-4,6,10H,5,7,14H2,1-2H3. The molecule has 1 atom stereocenters. The molecule has 0 aliphatic heterocycles. The van der Waals surface area contributed by atoms with E-state index in [4.69, 9.17) is 5.73 Å². The summed E-state index contributed by atoms with van der Waals surface area (Å²) < 4.78 is 17.7. The minimum atomic E-state index is -0.412. The Labute approximate surface area is 94.4 Å². The van der Waals surface area contributed by atoms with Crippen molar-refractivity contribution in [2.75, 3.05) is 13.7 Å². The molecule has 4 heteroatoms. The zero-order valence-corrected chi connectivity index (χ0v) is 9.50. The first-order valence-electron chi connectivity index (χ1n) is 5.11. The summed E-state index contributed by atoms with van der Waals surface area (Å²) in [6.45, 7) is 2.07. The fourth-order valence-corrected chi connectivity index (χ4v) is 1.55. The molecule has 0 aliphatic rings. The molecule has 0 bridgehead atoms. The molecule has 1 unspecified atom stereocenters. The molecule has 0 aliphatic carbocycles. The van der Waals surface area contributed by atoms with E-state index in [1.54, 1.807) is 6.07 Å². The third kappa shape index (κ3) is 3.03. The molecule has 0 aromatic heterocycles. The highest BCUT2D eigenvalue weighted by Crippen LogP contribution is 2.15. The van der Waals surface area contributed by atoms with Crippen LogP contribution in [0.25, 0.3) is 0 Å². The Kier molecular flexibility index (Phi) is 4.43. The van der Waals surface area contributed by atoms with Crippen molar-refractivity contribution in [3.8, 4) is 0 Å². The molecule has 0 fully saturated rings. The number of benzene rings is 1. The van der Waals surface area contributed by atoms with E-state index in [1.807, 2.05) is 6.92 Å². The van der Waals surface area contributed by atoms with Crippen LogP contribution in [-0.4, -0.2) is 19.6 Å². The van der Waals surface area contributed by atoms with Gasteiger partial charge in [0, 0.05) is 6.54 Å². The number of aryl methyl sites for hydroxylation is 1. The van der Waals surface area contributed by atoms with Crippen molar-refractivity contribution in [3.63, 3.8) is 0 Å². The van der Waals surface area contributed by atoms with Crippen molar-refractivity contribution in [3.05, 3.63) is 35.1 Å². The van der Waals surface area contributed by atoms with Gasteiger partial charge in [0.15, 0.2) is 0 Å². The van der Waals surface area contributed by atoms with Gasteiger partial charge in [0.05, 0.1) is 13.0 Å². The maximum absolute atomic E-state index is 13.0. The molecule has 0 amide bonds. The lowest BCUT2D eigenvalue weighted by atomic mass is 9.96. The Morgan fingerprint density at radius 1 is 1.56 bits per heavy atom. The van der Waals surface area contributed by atoms with Crippen LogP contribution in [-0.2, 0) is 16.0 Å². The summed E-state index contributed by atoms with van der Waals surface area (Å²) in [6, 6.07) is 4.52. The number of esters is 1. The Morgan fingerprint density at radius 2 is 2.25 bits per heavy atom. The van der Waals surface area contributed by atoms with Gasteiger partial charge in [0.25, 0.3) is 0 Å². The number of hydrogen-bond acceptors (Lipinski definition) is 3. The van der Waals surface area contributed by atoms with Crippen LogP contribution in [0.15, 0.2) is 18.2 Å². The van der Waals surface area contributed by atoms with Gasteiger partial charge < -0.3 is 10.5 Å². The van der Waals surface area contributed by atoms with Crippen LogP contribution in [0.3, 0.4) is 0 Å². The van der Waals surface area contributed by atoms with Gasteiger partial charge in [-0.25, -0.2) is 4.39 Å². The summed E-state index contributed by atoms with van der Waals surface area (Å²) in [7, 11) is 1.32. The summed E-state index contributed by atoms with van der Waals surface area (Å²) in [5, 5.41) is 0. The maximum Gasteiger partial charge on any atom is 0.310 e. The van der Waals surface area contributed by atoms with Crippen molar-refractivity contribution < 1.29 is 13.9 Å². The fraction of sp³-hybridized carbons (Fsp3) is 0.417. The Morgan fingerprint density at radius 3 is 2.81 bits per heavy atom. The summed E-state index contributed by atoms with van der Waals surface area (Å²) in [6.07, 6.45) is 0.409. The van der Waals surface area contributed by atoms with Crippen LogP contribution < -0.4 is 5.73 Å². The summed E-state index contributed by atoms with van der Waals surface area (Å²) in [4.78, 5) is 11.3. The van der Waals surface area contributed by atoms with Gasteiger partial charge in [0.1, 0.15) is 5.82 Å². The molecule has 0 radical (unpaired) electrons. The second-order valence-electron chi connectivity index (χ2n) is 3.73. The molecule has 3 nitrogen and oxygen atoms in total. The van der Waals surface area contributed by atoms with Crippen LogP contribution in [0.1, 0.15) is 11.1 Å². The van der Waals surface area contributed by atoms with E-state index >= 15 is 0 Å². The number of rotatable bonds is 4. The molecule has 16 heavy (non-hydrogen) atoms. The van der Waals surface area contributed by atoms with Gasteiger partial charge in [-0.1, -0.05) is 6.07 Å². The number of carbonyl (C=O) groups excluding carboxylic acids is 1.